The minimum Gasteiger partial charge on any atom is -0.330 e. The van der Waals surface area contributed by atoms with Gasteiger partial charge < -0.3 is 9.47 Å². The molecule has 0 bridgehead atoms. The summed E-state index contributed by atoms with van der Waals surface area (Å²) in [6.07, 6.45) is 3.37. The third-order valence-corrected chi connectivity index (χ3v) is 2.46. The number of amides is 1. The molecule has 0 radical (unpaired) electrons. The predicted octanol–water partition coefficient (Wildman–Crippen LogP) is 1.70. The number of carbonyl (C=O) groups excluding carboxylic acids is 1. The number of aryl methyl sites for hydroxylation is 1. The van der Waals surface area contributed by atoms with Gasteiger partial charge in [0.2, 0.25) is 0 Å². The third kappa shape index (κ3) is 1.82. The fourth-order valence-corrected chi connectivity index (χ4v) is 1.49. The third-order valence-electron chi connectivity index (χ3n) is 2.46. The van der Waals surface area contributed by atoms with Crippen molar-refractivity contribution < 1.29 is 4.79 Å². The summed E-state index contributed by atoms with van der Waals surface area (Å²) in [4.78, 5) is 17.7. The lowest BCUT2D eigenvalue weighted by Gasteiger charge is -2.16. The molecule has 82 valence electrons. The van der Waals surface area contributed by atoms with Crippen molar-refractivity contribution >= 4 is 11.6 Å². The highest BCUT2D eigenvalue weighted by atomic mass is 16.2. The molecule has 4 nitrogen and oxygen atoms in total. The van der Waals surface area contributed by atoms with Crippen molar-refractivity contribution in [2.45, 2.75) is 0 Å². The summed E-state index contributed by atoms with van der Waals surface area (Å²) in [5.74, 6) is 0.324. The van der Waals surface area contributed by atoms with E-state index in [0.717, 1.165) is 5.69 Å². The zero-order valence-electron chi connectivity index (χ0n) is 9.29. The number of benzene rings is 1. The first-order chi connectivity index (χ1) is 7.70. The summed E-state index contributed by atoms with van der Waals surface area (Å²) in [5.41, 5.74) is 0.857. The SMILES string of the molecule is CN(C(=O)c1nccn1C)c1ccccc1. The van der Waals surface area contributed by atoms with E-state index in [1.165, 1.54) is 0 Å². The van der Waals surface area contributed by atoms with Gasteiger partial charge in [-0.25, -0.2) is 4.98 Å². The molecule has 0 fully saturated rings. The molecule has 0 aliphatic carbocycles. The highest BCUT2D eigenvalue weighted by molar-refractivity contribution is 6.03. The van der Waals surface area contributed by atoms with Crippen LogP contribution < -0.4 is 4.90 Å². The average molecular weight is 215 g/mol. The highest BCUT2D eigenvalue weighted by Crippen LogP contribution is 2.13. The molecule has 0 atom stereocenters. The summed E-state index contributed by atoms with van der Waals surface area (Å²) in [6.45, 7) is 0. The Hall–Kier alpha value is -2.10. The normalized spacial score (nSPS) is 10.1. The second-order valence-corrected chi connectivity index (χ2v) is 3.56. The van der Waals surface area contributed by atoms with Crippen molar-refractivity contribution in [1.82, 2.24) is 9.55 Å². The van der Waals surface area contributed by atoms with Gasteiger partial charge in [0.25, 0.3) is 5.91 Å². The second-order valence-electron chi connectivity index (χ2n) is 3.56. The smallest absolute Gasteiger partial charge is 0.293 e. The summed E-state index contributed by atoms with van der Waals surface area (Å²) < 4.78 is 1.71. The van der Waals surface area contributed by atoms with Crippen molar-refractivity contribution in [2.24, 2.45) is 7.05 Å². The number of aromatic nitrogens is 2. The minimum atomic E-state index is -0.112. The van der Waals surface area contributed by atoms with Crippen LogP contribution in [0.4, 0.5) is 5.69 Å². The maximum absolute atomic E-state index is 12.1. The van der Waals surface area contributed by atoms with E-state index in [4.69, 9.17) is 0 Å². The quantitative estimate of drug-likeness (QED) is 0.764. The molecule has 0 aliphatic heterocycles. The van der Waals surface area contributed by atoms with E-state index < -0.39 is 0 Å². The number of anilines is 1. The van der Waals surface area contributed by atoms with E-state index >= 15 is 0 Å². The summed E-state index contributed by atoms with van der Waals surface area (Å²) in [5, 5.41) is 0. The fraction of sp³-hybridized carbons (Fsp3) is 0.167. The first-order valence-electron chi connectivity index (χ1n) is 5.00. The number of hydrogen-bond acceptors (Lipinski definition) is 2. The number of nitrogens with zero attached hydrogens (tertiary/aromatic N) is 3. The van der Waals surface area contributed by atoms with Crippen LogP contribution in [0.25, 0.3) is 0 Å². The Morgan fingerprint density at radius 1 is 1.31 bits per heavy atom. The maximum atomic E-state index is 12.1. The fourth-order valence-electron chi connectivity index (χ4n) is 1.49. The van der Waals surface area contributed by atoms with E-state index in [2.05, 4.69) is 4.98 Å². The molecule has 1 aromatic heterocycles. The van der Waals surface area contributed by atoms with Gasteiger partial charge in [-0.15, -0.1) is 0 Å². The summed E-state index contributed by atoms with van der Waals surface area (Å²) in [6, 6.07) is 9.50. The van der Waals surface area contributed by atoms with E-state index in [0.29, 0.717) is 5.82 Å². The maximum Gasteiger partial charge on any atom is 0.293 e. The van der Waals surface area contributed by atoms with Gasteiger partial charge in [0.15, 0.2) is 5.82 Å². The van der Waals surface area contributed by atoms with Crippen molar-refractivity contribution in [3.8, 4) is 0 Å². The van der Waals surface area contributed by atoms with Gasteiger partial charge in [0.05, 0.1) is 0 Å². The van der Waals surface area contributed by atoms with Crippen LogP contribution in [0.1, 0.15) is 10.6 Å². The summed E-state index contributed by atoms with van der Waals surface area (Å²) >= 11 is 0. The number of rotatable bonds is 2. The van der Waals surface area contributed by atoms with Gasteiger partial charge in [0, 0.05) is 32.2 Å². The largest absolute Gasteiger partial charge is 0.330 e. The molecule has 0 spiro atoms. The second kappa shape index (κ2) is 4.18. The van der Waals surface area contributed by atoms with E-state index in [9.17, 15) is 4.79 Å². The van der Waals surface area contributed by atoms with Crippen LogP contribution >= 0.6 is 0 Å². The van der Waals surface area contributed by atoms with Crippen LogP contribution in [-0.4, -0.2) is 22.5 Å². The van der Waals surface area contributed by atoms with Gasteiger partial charge in [-0.05, 0) is 12.1 Å². The average Bonchev–Trinajstić information content (AvgIpc) is 2.75. The van der Waals surface area contributed by atoms with Crippen molar-refractivity contribution in [2.75, 3.05) is 11.9 Å². The minimum absolute atomic E-state index is 0.112. The Bertz CT molecular complexity index is 490. The molecule has 2 rings (SSSR count). The Morgan fingerprint density at radius 3 is 2.56 bits per heavy atom. The number of imidazole rings is 1. The highest BCUT2D eigenvalue weighted by Gasteiger charge is 2.16. The lowest BCUT2D eigenvalue weighted by atomic mass is 10.3. The molecular weight excluding hydrogens is 202 g/mol. The number of para-hydroxylation sites is 1. The van der Waals surface area contributed by atoms with Crippen LogP contribution in [0.15, 0.2) is 42.7 Å². The van der Waals surface area contributed by atoms with Gasteiger partial charge in [-0.3, -0.25) is 4.79 Å². The van der Waals surface area contributed by atoms with Gasteiger partial charge in [0.1, 0.15) is 0 Å². The van der Waals surface area contributed by atoms with Crippen molar-refractivity contribution in [1.29, 1.82) is 0 Å². The topological polar surface area (TPSA) is 38.1 Å². The standard InChI is InChI=1S/C12H13N3O/c1-14-9-8-13-11(14)12(16)15(2)10-6-4-3-5-7-10/h3-9H,1-2H3. The predicted molar refractivity (Wildman–Crippen MR) is 62.4 cm³/mol. The molecule has 2 aromatic rings. The van der Waals surface area contributed by atoms with Crippen molar-refractivity contribution in [3.63, 3.8) is 0 Å². The van der Waals surface area contributed by atoms with Gasteiger partial charge in [-0.2, -0.15) is 0 Å². The number of carbonyl (C=O) groups is 1. The Balaban J connectivity index is 2.27. The molecule has 1 amide bonds. The van der Waals surface area contributed by atoms with Crippen molar-refractivity contribution in [3.05, 3.63) is 48.5 Å². The monoisotopic (exact) mass is 215 g/mol. The Labute approximate surface area is 94.1 Å². The molecule has 0 N–H and O–H groups in total. The zero-order valence-corrected chi connectivity index (χ0v) is 9.29. The molecule has 0 aliphatic rings. The van der Waals surface area contributed by atoms with Crippen LogP contribution in [0, 0.1) is 0 Å². The van der Waals surface area contributed by atoms with Crippen LogP contribution in [0.3, 0.4) is 0 Å². The molecule has 0 unspecified atom stereocenters. The van der Waals surface area contributed by atoms with Gasteiger partial charge in [-0.1, -0.05) is 18.2 Å². The van der Waals surface area contributed by atoms with E-state index in [-0.39, 0.29) is 5.91 Å². The number of hydrogen-bond donors (Lipinski definition) is 0. The first kappa shape index (κ1) is 10.4. The summed E-state index contributed by atoms with van der Waals surface area (Å²) in [7, 11) is 3.55. The molecule has 0 saturated heterocycles. The Kier molecular flexibility index (Phi) is 2.72. The van der Waals surface area contributed by atoms with E-state index in [1.54, 1.807) is 36.0 Å². The molecule has 16 heavy (non-hydrogen) atoms. The molecule has 0 saturated carbocycles. The van der Waals surface area contributed by atoms with Gasteiger partial charge >= 0.3 is 0 Å². The zero-order chi connectivity index (χ0) is 11.5. The lowest BCUT2D eigenvalue weighted by Crippen LogP contribution is -2.28. The Morgan fingerprint density at radius 2 is 2.00 bits per heavy atom. The van der Waals surface area contributed by atoms with Crippen LogP contribution in [0.5, 0.6) is 0 Å². The molecule has 1 heterocycles. The molecular formula is C12H13N3O. The molecule has 1 aromatic carbocycles. The molecule has 4 heteroatoms. The van der Waals surface area contributed by atoms with Crippen LogP contribution in [0.2, 0.25) is 0 Å². The first-order valence-corrected chi connectivity index (χ1v) is 5.00. The van der Waals surface area contributed by atoms with E-state index in [1.807, 2.05) is 30.3 Å². The lowest BCUT2D eigenvalue weighted by molar-refractivity contribution is 0.0980. The van der Waals surface area contributed by atoms with Crippen LogP contribution in [-0.2, 0) is 7.05 Å².